The number of esters is 1. The Bertz CT molecular complexity index is 1080. The number of thiazole rings is 1. The van der Waals surface area contributed by atoms with Gasteiger partial charge in [-0.1, -0.05) is 52.7 Å². The van der Waals surface area contributed by atoms with E-state index in [2.05, 4.69) is 20.9 Å². The molecule has 1 aliphatic rings. The van der Waals surface area contributed by atoms with Crippen LogP contribution in [0.5, 0.6) is 0 Å². The van der Waals surface area contributed by atoms with Gasteiger partial charge in [0.25, 0.3) is 0 Å². The highest BCUT2D eigenvalue weighted by Gasteiger charge is 2.34. The molecule has 0 radical (unpaired) electrons. The molecule has 0 amide bonds. The lowest BCUT2D eigenvalue weighted by Gasteiger charge is -2.35. The minimum absolute atomic E-state index is 0.374. The van der Waals surface area contributed by atoms with E-state index in [0.29, 0.717) is 21.3 Å². The number of nitrogens with one attached hydrogen (secondary N) is 3. The third kappa shape index (κ3) is 4.04. The van der Waals surface area contributed by atoms with E-state index in [9.17, 15) is 4.79 Å². The van der Waals surface area contributed by atoms with Crippen LogP contribution in [0.25, 0.3) is 10.2 Å². The SMILES string of the molecule is COC(=O)C1=C(C)NC(Nc2nc3ccccc3s2)NC1c1ccc(Cl)cc1Cl. The highest BCUT2D eigenvalue weighted by Crippen LogP contribution is 2.34. The van der Waals surface area contributed by atoms with E-state index in [1.807, 2.05) is 31.2 Å². The number of hydrogen-bond acceptors (Lipinski definition) is 7. The first-order valence-corrected chi connectivity index (χ1v) is 10.4. The first-order chi connectivity index (χ1) is 14.0. The fraction of sp³-hybridized carbons (Fsp3) is 0.200. The van der Waals surface area contributed by atoms with Gasteiger partial charge in [0.15, 0.2) is 11.4 Å². The summed E-state index contributed by atoms with van der Waals surface area (Å²) in [5.74, 6) is -0.433. The number of rotatable bonds is 4. The van der Waals surface area contributed by atoms with Crippen molar-refractivity contribution in [3.63, 3.8) is 0 Å². The summed E-state index contributed by atoms with van der Waals surface area (Å²) in [5.41, 5.74) is 2.80. The van der Waals surface area contributed by atoms with Crippen LogP contribution in [0, 0.1) is 0 Å². The molecular weight excluding hydrogens is 431 g/mol. The van der Waals surface area contributed by atoms with Crippen molar-refractivity contribution in [3.8, 4) is 0 Å². The van der Waals surface area contributed by atoms with Crippen molar-refractivity contribution in [2.75, 3.05) is 12.4 Å². The van der Waals surface area contributed by atoms with Crippen molar-refractivity contribution < 1.29 is 9.53 Å². The van der Waals surface area contributed by atoms with Gasteiger partial charge in [-0.25, -0.2) is 9.78 Å². The van der Waals surface area contributed by atoms with Crippen LogP contribution in [-0.2, 0) is 9.53 Å². The second-order valence-corrected chi connectivity index (χ2v) is 8.38. The molecule has 0 spiro atoms. The molecule has 2 unspecified atom stereocenters. The van der Waals surface area contributed by atoms with E-state index in [0.717, 1.165) is 20.9 Å². The molecule has 6 nitrogen and oxygen atoms in total. The number of benzene rings is 2. The Morgan fingerprint density at radius 1 is 1.24 bits per heavy atom. The number of anilines is 1. The standard InChI is InChI=1S/C20H18Cl2N4O2S/c1-10-16(18(27)28-2)17(12-8-7-11(21)9-13(12)22)25-19(23-10)26-20-24-14-5-3-4-6-15(14)29-20/h3-9,17,19,23,25H,1-2H3,(H,24,26). The third-order valence-corrected chi connectivity index (χ3v) is 6.16. The molecule has 2 heterocycles. The summed E-state index contributed by atoms with van der Waals surface area (Å²) in [6.45, 7) is 1.83. The quantitative estimate of drug-likeness (QED) is 0.503. The van der Waals surface area contributed by atoms with Crippen LogP contribution in [0.2, 0.25) is 10.0 Å². The molecular formula is C20H18Cl2N4O2S. The summed E-state index contributed by atoms with van der Waals surface area (Å²) < 4.78 is 6.08. The first-order valence-electron chi connectivity index (χ1n) is 8.85. The fourth-order valence-electron chi connectivity index (χ4n) is 3.30. The van der Waals surface area contributed by atoms with Crippen molar-refractivity contribution in [3.05, 3.63) is 69.3 Å². The highest BCUT2D eigenvalue weighted by atomic mass is 35.5. The van der Waals surface area contributed by atoms with Crippen LogP contribution in [0.3, 0.4) is 0 Å². The molecule has 9 heteroatoms. The van der Waals surface area contributed by atoms with Crippen LogP contribution in [0.1, 0.15) is 18.5 Å². The highest BCUT2D eigenvalue weighted by molar-refractivity contribution is 7.22. The Labute approximate surface area is 181 Å². The van der Waals surface area contributed by atoms with Gasteiger partial charge in [-0.15, -0.1) is 0 Å². The number of allylic oxidation sites excluding steroid dienone is 1. The maximum Gasteiger partial charge on any atom is 0.337 e. The lowest BCUT2D eigenvalue weighted by Crippen LogP contribution is -2.54. The number of hydrogen-bond donors (Lipinski definition) is 3. The lowest BCUT2D eigenvalue weighted by atomic mass is 9.95. The number of aromatic nitrogens is 1. The van der Waals surface area contributed by atoms with Gasteiger partial charge < -0.3 is 15.4 Å². The predicted molar refractivity (Wildman–Crippen MR) is 117 cm³/mol. The Kier molecular flexibility index (Phi) is 5.65. The smallest absolute Gasteiger partial charge is 0.337 e. The summed E-state index contributed by atoms with van der Waals surface area (Å²) in [4.78, 5) is 17.1. The summed E-state index contributed by atoms with van der Waals surface area (Å²) in [7, 11) is 1.36. The summed E-state index contributed by atoms with van der Waals surface area (Å²) >= 11 is 14.0. The first kappa shape index (κ1) is 20.0. The minimum atomic E-state index is -0.486. The molecule has 3 N–H and O–H groups in total. The zero-order chi connectivity index (χ0) is 20.5. The number of fused-ring (bicyclic) bond motifs is 1. The van der Waals surface area contributed by atoms with Crippen molar-refractivity contribution >= 4 is 55.9 Å². The average molecular weight is 449 g/mol. The molecule has 2 atom stereocenters. The molecule has 0 aliphatic carbocycles. The molecule has 150 valence electrons. The van der Waals surface area contributed by atoms with E-state index in [1.165, 1.54) is 7.11 Å². The Balaban J connectivity index is 1.68. The van der Waals surface area contributed by atoms with E-state index < -0.39 is 12.0 Å². The number of methoxy groups -OCH3 is 1. The minimum Gasteiger partial charge on any atom is -0.466 e. The Hall–Kier alpha value is -2.32. The zero-order valence-electron chi connectivity index (χ0n) is 15.6. The van der Waals surface area contributed by atoms with Gasteiger partial charge in [0.1, 0.15) is 0 Å². The van der Waals surface area contributed by atoms with Gasteiger partial charge in [0.05, 0.1) is 28.9 Å². The number of carbonyl (C=O) groups is 1. The molecule has 0 fully saturated rings. The van der Waals surface area contributed by atoms with Gasteiger partial charge in [0, 0.05) is 15.7 Å². The maximum atomic E-state index is 12.5. The van der Waals surface area contributed by atoms with Crippen molar-refractivity contribution in [2.24, 2.45) is 0 Å². The summed E-state index contributed by atoms with van der Waals surface area (Å²) in [6, 6.07) is 12.6. The zero-order valence-corrected chi connectivity index (χ0v) is 18.0. The lowest BCUT2D eigenvalue weighted by molar-refractivity contribution is -0.136. The molecule has 0 bridgehead atoms. The second kappa shape index (κ2) is 8.20. The van der Waals surface area contributed by atoms with E-state index in [-0.39, 0.29) is 6.29 Å². The Morgan fingerprint density at radius 3 is 2.76 bits per heavy atom. The number of ether oxygens (including phenoxy) is 1. The Morgan fingerprint density at radius 2 is 2.03 bits per heavy atom. The van der Waals surface area contributed by atoms with Crippen LogP contribution in [0.4, 0.5) is 5.13 Å². The normalized spacial score (nSPS) is 19.2. The van der Waals surface area contributed by atoms with Gasteiger partial charge in [-0.05, 0) is 36.8 Å². The monoisotopic (exact) mass is 448 g/mol. The molecule has 2 aromatic carbocycles. The molecule has 4 rings (SSSR count). The van der Waals surface area contributed by atoms with Gasteiger partial charge in [-0.3, -0.25) is 5.32 Å². The largest absolute Gasteiger partial charge is 0.466 e. The molecule has 0 saturated carbocycles. The van der Waals surface area contributed by atoms with Crippen LogP contribution in [-0.4, -0.2) is 24.4 Å². The van der Waals surface area contributed by atoms with Gasteiger partial charge in [0.2, 0.25) is 0 Å². The second-order valence-electron chi connectivity index (χ2n) is 6.50. The number of para-hydroxylation sites is 1. The van der Waals surface area contributed by atoms with Crippen molar-refractivity contribution in [2.45, 2.75) is 19.3 Å². The van der Waals surface area contributed by atoms with E-state index in [4.69, 9.17) is 27.9 Å². The van der Waals surface area contributed by atoms with Gasteiger partial charge >= 0.3 is 5.97 Å². The number of halogens is 2. The number of nitrogens with zero attached hydrogens (tertiary/aromatic N) is 1. The summed E-state index contributed by atoms with van der Waals surface area (Å²) in [5, 5.41) is 11.7. The fourth-order valence-corrected chi connectivity index (χ4v) is 4.71. The van der Waals surface area contributed by atoms with Crippen LogP contribution in [0.15, 0.2) is 53.7 Å². The third-order valence-electron chi connectivity index (χ3n) is 4.63. The van der Waals surface area contributed by atoms with Crippen LogP contribution >= 0.6 is 34.5 Å². The molecule has 0 saturated heterocycles. The maximum absolute atomic E-state index is 12.5. The molecule has 1 aromatic heterocycles. The van der Waals surface area contributed by atoms with Crippen molar-refractivity contribution in [1.82, 2.24) is 15.6 Å². The molecule has 29 heavy (non-hydrogen) atoms. The van der Waals surface area contributed by atoms with E-state index >= 15 is 0 Å². The average Bonchev–Trinajstić information content (AvgIpc) is 3.09. The van der Waals surface area contributed by atoms with E-state index in [1.54, 1.807) is 29.5 Å². The summed E-state index contributed by atoms with van der Waals surface area (Å²) in [6.07, 6.45) is -0.374. The number of carbonyl (C=O) groups excluding carboxylic acids is 1. The molecule has 3 aromatic rings. The van der Waals surface area contributed by atoms with Crippen molar-refractivity contribution in [1.29, 1.82) is 0 Å². The topological polar surface area (TPSA) is 75.3 Å². The predicted octanol–water partition coefficient (Wildman–Crippen LogP) is 4.68. The molecule has 1 aliphatic heterocycles. The van der Waals surface area contributed by atoms with Crippen LogP contribution < -0.4 is 16.0 Å². The van der Waals surface area contributed by atoms with Gasteiger partial charge in [-0.2, -0.15) is 0 Å².